The Bertz CT molecular complexity index is 697. The van der Waals surface area contributed by atoms with Crippen LogP contribution >= 0.6 is 0 Å². The first kappa shape index (κ1) is 16.5. The van der Waals surface area contributed by atoms with Crippen LogP contribution in [0, 0.1) is 6.92 Å². The van der Waals surface area contributed by atoms with Crippen molar-refractivity contribution in [2.24, 2.45) is 0 Å². The summed E-state index contributed by atoms with van der Waals surface area (Å²) in [5.41, 5.74) is 2.46. The van der Waals surface area contributed by atoms with Crippen LogP contribution in [0.2, 0.25) is 0 Å². The van der Waals surface area contributed by atoms with E-state index in [1.807, 2.05) is 31.2 Å². The van der Waals surface area contributed by atoms with Crippen LogP contribution < -0.4 is 10.1 Å². The largest absolute Gasteiger partial charge is 0.483 e. The van der Waals surface area contributed by atoms with E-state index in [9.17, 15) is 9.59 Å². The fourth-order valence-corrected chi connectivity index (χ4v) is 2.07. The van der Waals surface area contributed by atoms with E-state index in [1.54, 1.807) is 24.3 Å². The summed E-state index contributed by atoms with van der Waals surface area (Å²) in [5, 5.41) is 2.79. The van der Waals surface area contributed by atoms with Crippen LogP contribution in [0.5, 0.6) is 5.75 Å². The van der Waals surface area contributed by atoms with E-state index in [4.69, 9.17) is 4.74 Å². The summed E-state index contributed by atoms with van der Waals surface area (Å²) in [5.74, 6) is -0.431. The van der Waals surface area contributed by atoms with Crippen molar-refractivity contribution in [3.8, 4) is 5.75 Å². The van der Waals surface area contributed by atoms with Crippen LogP contribution in [0.3, 0.4) is 0 Å². The summed E-state index contributed by atoms with van der Waals surface area (Å²) in [6.07, 6.45) is 0. The number of hydrogen-bond acceptors (Lipinski definition) is 4. The molecule has 5 heteroatoms. The van der Waals surface area contributed by atoms with Gasteiger partial charge in [0.05, 0.1) is 7.11 Å². The maximum atomic E-state index is 11.9. The first-order chi connectivity index (χ1) is 11.1. The first-order valence-corrected chi connectivity index (χ1v) is 7.23. The fourth-order valence-electron chi connectivity index (χ4n) is 2.07. The van der Waals surface area contributed by atoms with Gasteiger partial charge in [0.25, 0.3) is 5.91 Å². The number of esters is 1. The van der Waals surface area contributed by atoms with Gasteiger partial charge in [0.15, 0.2) is 6.61 Å². The smallest absolute Gasteiger partial charge is 0.341 e. The van der Waals surface area contributed by atoms with Crippen LogP contribution in [-0.4, -0.2) is 25.6 Å². The molecule has 0 aliphatic heterocycles. The summed E-state index contributed by atoms with van der Waals surface area (Å²) in [7, 11) is 1.30. The number of carbonyl (C=O) groups is 2. The molecule has 0 spiro atoms. The Morgan fingerprint density at radius 2 is 1.74 bits per heavy atom. The van der Waals surface area contributed by atoms with Crippen molar-refractivity contribution in [1.82, 2.24) is 5.32 Å². The van der Waals surface area contributed by atoms with Crippen molar-refractivity contribution in [1.29, 1.82) is 0 Å². The normalized spacial score (nSPS) is 10.0. The summed E-state index contributed by atoms with van der Waals surface area (Å²) in [4.78, 5) is 23.5. The number of ether oxygens (including phenoxy) is 2. The zero-order valence-corrected chi connectivity index (χ0v) is 13.2. The number of amides is 1. The highest BCUT2D eigenvalue weighted by molar-refractivity contribution is 5.92. The van der Waals surface area contributed by atoms with E-state index < -0.39 is 5.97 Å². The van der Waals surface area contributed by atoms with Gasteiger partial charge in [-0.15, -0.1) is 0 Å². The van der Waals surface area contributed by atoms with E-state index in [2.05, 4.69) is 10.1 Å². The molecule has 2 aromatic carbocycles. The van der Waals surface area contributed by atoms with Crippen molar-refractivity contribution in [3.05, 3.63) is 65.2 Å². The standard InChI is InChI=1S/C18H19NO4/c1-13-7-3-4-8-14(13)11-19-17(20)12-23-16-10-6-5-9-15(16)18(21)22-2/h3-10H,11-12H2,1-2H3,(H,19,20). The number of methoxy groups -OCH3 is 1. The number of aryl methyl sites for hydroxylation is 1. The zero-order valence-electron chi connectivity index (χ0n) is 13.2. The van der Waals surface area contributed by atoms with E-state index in [-0.39, 0.29) is 12.5 Å². The van der Waals surface area contributed by atoms with Gasteiger partial charge >= 0.3 is 5.97 Å². The molecule has 0 unspecified atom stereocenters. The molecule has 0 aromatic heterocycles. The van der Waals surface area contributed by atoms with Crippen LogP contribution in [0.25, 0.3) is 0 Å². The molecule has 0 atom stereocenters. The Kier molecular flexibility index (Phi) is 5.74. The van der Waals surface area contributed by atoms with E-state index >= 15 is 0 Å². The molecule has 0 aliphatic rings. The Labute approximate surface area is 135 Å². The summed E-state index contributed by atoms with van der Waals surface area (Å²) in [6, 6.07) is 14.5. The molecule has 1 N–H and O–H groups in total. The Balaban J connectivity index is 1.90. The van der Waals surface area contributed by atoms with Gasteiger partial charge in [0, 0.05) is 6.54 Å². The van der Waals surface area contributed by atoms with Crippen molar-refractivity contribution in [2.75, 3.05) is 13.7 Å². The van der Waals surface area contributed by atoms with Gasteiger partial charge in [0.2, 0.25) is 0 Å². The SMILES string of the molecule is COC(=O)c1ccccc1OCC(=O)NCc1ccccc1C. The van der Waals surface area contributed by atoms with E-state index in [0.29, 0.717) is 17.9 Å². The van der Waals surface area contributed by atoms with Gasteiger partial charge in [-0.05, 0) is 30.2 Å². The molecular weight excluding hydrogens is 294 g/mol. The zero-order chi connectivity index (χ0) is 16.7. The van der Waals surface area contributed by atoms with Crippen molar-refractivity contribution in [3.63, 3.8) is 0 Å². The van der Waals surface area contributed by atoms with Gasteiger partial charge in [0.1, 0.15) is 11.3 Å². The molecule has 0 saturated heterocycles. The third-order valence-electron chi connectivity index (χ3n) is 3.39. The molecule has 23 heavy (non-hydrogen) atoms. The quantitative estimate of drug-likeness (QED) is 0.832. The fraction of sp³-hybridized carbons (Fsp3) is 0.222. The summed E-state index contributed by atoms with van der Waals surface area (Å²) >= 11 is 0. The van der Waals surface area contributed by atoms with Crippen molar-refractivity contribution < 1.29 is 19.1 Å². The maximum Gasteiger partial charge on any atom is 0.341 e. The van der Waals surface area contributed by atoms with Crippen LogP contribution in [0.15, 0.2) is 48.5 Å². The number of para-hydroxylation sites is 1. The number of nitrogens with one attached hydrogen (secondary N) is 1. The highest BCUT2D eigenvalue weighted by atomic mass is 16.5. The van der Waals surface area contributed by atoms with Gasteiger partial charge in [-0.2, -0.15) is 0 Å². The third-order valence-corrected chi connectivity index (χ3v) is 3.39. The minimum Gasteiger partial charge on any atom is -0.483 e. The lowest BCUT2D eigenvalue weighted by atomic mass is 10.1. The predicted octanol–water partition coefficient (Wildman–Crippen LogP) is 2.48. The average molecular weight is 313 g/mol. The first-order valence-electron chi connectivity index (χ1n) is 7.23. The number of benzene rings is 2. The lowest BCUT2D eigenvalue weighted by Crippen LogP contribution is -2.29. The van der Waals surface area contributed by atoms with Crippen molar-refractivity contribution >= 4 is 11.9 Å². The Morgan fingerprint density at radius 1 is 1.04 bits per heavy atom. The molecule has 0 aliphatic carbocycles. The monoisotopic (exact) mass is 313 g/mol. The molecule has 0 fully saturated rings. The van der Waals surface area contributed by atoms with Gasteiger partial charge in [-0.1, -0.05) is 36.4 Å². The maximum absolute atomic E-state index is 11.9. The summed E-state index contributed by atoms with van der Waals surface area (Å²) in [6.45, 7) is 2.26. The molecule has 2 aromatic rings. The van der Waals surface area contributed by atoms with Gasteiger partial charge in [-0.3, -0.25) is 4.79 Å². The average Bonchev–Trinajstić information content (AvgIpc) is 2.58. The lowest BCUT2D eigenvalue weighted by molar-refractivity contribution is -0.123. The molecule has 0 heterocycles. The Morgan fingerprint density at radius 3 is 2.48 bits per heavy atom. The minimum absolute atomic E-state index is 0.167. The predicted molar refractivity (Wildman–Crippen MR) is 86.3 cm³/mol. The number of rotatable bonds is 6. The van der Waals surface area contributed by atoms with Gasteiger partial charge in [-0.25, -0.2) is 4.79 Å². The molecule has 5 nitrogen and oxygen atoms in total. The second kappa shape index (κ2) is 7.98. The molecule has 0 radical (unpaired) electrons. The molecular formula is C18H19NO4. The van der Waals surface area contributed by atoms with Crippen molar-refractivity contribution in [2.45, 2.75) is 13.5 Å². The lowest BCUT2D eigenvalue weighted by Gasteiger charge is -2.11. The van der Waals surface area contributed by atoms with Crippen LogP contribution in [0.4, 0.5) is 0 Å². The molecule has 0 saturated carbocycles. The second-order valence-corrected chi connectivity index (χ2v) is 4.98. The minimum atomic E-state index is -0.499. The molecule has 2 rings (SSSR count). The molecule has 0 bridgehead atoms. The molecule has 1 amide bonds. The molecule has 120 valence electrons. The highest BCUT2D eigenvalue weighted by Crippen LogP contribution is 2.18. The van der Waals surface area contributed by atoms with Crippen LogP contribution in [-0.2, 0) is 16.1 Å². The second-order valence-electron chi connectivity index (χ2n) is 4.98. The number of hydrogen-bond donors (Lipinski definition) is 1. The third kappa shape index (κ3) is 4.57. The topological polar surface area (TPSA) is 64.6 Å². The number of carbonyl (C=O) groups excluding carboxylic acids is 2. The van der Waals surface area contributed by atoms with Gasteiger partial charge < -0.3 is 14.8 Å². The van der Waals surface area contributed by atoms with E-state index in [1.165, 1.54) is 7.11 Å². The van der Waals surface area contributed by atoms with E-state index in [0.717, 1.165) is 11.1 Å². The highest BCUT2D eigenvalue weighted by Gasteiger charge is 2.13. The summed E-state index contributed by atoms with van der Waals surface area (Å²) < 4.78 is 10.1. The van der Waals surface area contributed by atoms with Crippen LogP contribution in [0.1, 0.15) is 21.5 Å². The Hall–Kier alpha value is -2.82.